The third-order valence-electron chi connectivity index (χ3n) is 4.10. The van der Waals surface area contributed by atoms with Crippen LogP contribution in [0.15, 0.2) is 42.5 Å². The summed E-state index contributed by atoms with van der Waals surface area (Å²) in [4.78, 5) is 24.1. The molecule has 5 nitrogen and oxygen atoms in total. The molecule has 0 aliphatic carbocycles. The van der Waals surface area contributed by atoms with Crippen LogP contribution < -0.4 is 15.4 Å². The van der Waals surface area contributed by atoms with Crippen molar-refractivity contribution in [2.75, 3.05) is 13.2 Å². The SMILES string of the molecule is CCCCOc1ccc(C(=O)NCC(=O)NC(C)c2ccc(F)cc2F)cc1. The van der Waals surface area contributed by atoms with Crippen LogP contribution >= 0.6 is 0 Å². The van der Waals surface area contributed by atoms with Crippen LogP contribution in [-0.4, -0.2) is 25.0 Å². The molecule has 0 saturated heterocycles. The molecule has 0 aromatic heterocycles. The maximum atomic E-state index is 13.7. The number of hydrogen-bond donors (Lipinski definition) is 2. The van der Waals surface area contributed by atoms with E-state index in [0.29, 0.717) is 17.9 Å². The van der Waals surface area contributed by atoms with Crippen molar-refractivity contribution in [2.24, 2.45) is 0 Å². The molecule has 7 heteroatoms. The molecule has 0 aliphatic rings. The minimum atomic E-state index is -0.738. The van der Waals surface area contributed by atoms with Crippen LogP contribution in [0.4, 0.5) is 8.78 Å². The molecule has 0 saturated carbocycles. The lowest BCUT2D eigenvalue weighted by Gasteiger charge is -2.15. The van der Waals surface area contributed by atoms with Gasteiger partial charge in [-0.15, -0.1) is 0 Å². The predicted octanol–water partition coefficient (Wildman–Crippen LogP) is 3.75. The van der Waals surface area contributed by atoms with Crippen molar-refractivity contribution in [3.05, 3.63) is 65.2 Å². The molecule has 0 aliphatic heterocycles. The van der Waals surface area contributed by atoms with E-state index < -0.39 is 29.5 Å². The van der Waals surface area contributed by atoms with Crippen LogP contribution in [0.1, 0.15) is 48.7 Å². The van der Waals surface area contributed by atoms with Crippen LogP contribution in [0.2, 0.25) is 0 Å². The van der Waals surface area contributed by atoms with Crippen molar-refractivity contribution in [1.82, 2.24) is 10.6 Å². The second kappa shape index (κ2) is 10.4. The number of carbonyl (C=O) groups is 2. The third-order valence-corrected chi connectivity index (χ3v) is 4.10. The van der Waals surface area contributed by atoms with Crippen molar-refractivity contribution in [1.29, 1.82) is 0 Å². The van der Waals surface area contributed by atoms with Gasteiger partial charge in [0.25, 0.3) is 5.91 Å². The second-order valence-electron chi connectivity index (χ2n) is 6.36. The number of rotatable bonds is 9. The molecular weight excluding hydrogens is 366 g/mol. The lowest BCUT2D eigenvalue weighted by Crippen LogP contribution is -2.38. The Bertz CT molecular complexity index is 810. The minimum Gasteiger partial charge on any atom is -0.494 e. The molecular formula is C21H24F2N2O3. The summed E-state index contributed by atoms with van der Waals surface area (Å²) in [5, 5.41) is 5.07. The van der Waals surface area contributed by atoms with Gasteiger partial charge in [0.15, 0.2) is 0 Å². The monoisotopic (exact) mass is 390 g/mol. The number of ether oxygens (including phenoxy) is 1. The first-order valence-electron chi connectivity index (χ1n) is 9.16. The fourth-order valence-electron chi connectivity index (χ4n) is 2.52. The van der Waals surface area contributed by atoms with Crippen molar-refractivity contribution in [2.45, 2.75) is 32.7 Å². The summed E-state index contributed by atoms with van der Waals surface area (Å²) in [7, 11) is 0. The molecule has 2 N–H and O–H groups in total. The largest absolute Gasteiger partial charge is 0.494 e. The van der Waals surface area contributed by atoms with Gasteiger partial charge in [0.1, 0.15) is 17.4 Å². The molecule has 150 valence electrons. The summed E-state index contributed by atoms with van der Waals surface area (Å²) < 4.78 is 32.2. The molecule has 0 fully saturated rings. The summed E-state index contributed by atoms with van der Waals surface area (Å²) in [6.45, 7) is 4.01. The first kappa shape index (κ1) is 21.3. The fraction of sp³-hybridized carbons (Fsp3) is 0.333. The van der Waals surface area contributed by atoms with Gasteiger partial charge >= 0.3 is 0 Å². The van der Waals surface area contributed by atoms with Gasteiger partial charge in [-0.2, -0.15) is 0 Å². The Morgan fingerprint density at radius 1 is 1.11 bits per heavy atom. The highest BCUT2D eigenvalue weighted by Gasteiger charge is 2.15. The number of hydrogen-bond acceptors (Lipinski definition) is 3. The Balaban J connectivity index is 1.82. The van der Waals surface area contributed by atoms with Crippen molar-refractivity contribution in [3.63, 3.8) is 0 Å². The predicted molar refractivity (Wildman–Crippen MR) is 102 cm³/mol. The van der Waals surface area contributed by atoms with Crippen LogP contribution in [0.25, 0.3) is 0 Å². The van der Waals surface area contributed by atoms with Gasteiger partial charge in [-0.1, -0.05) is 19.4 Å². The lowest BCUT2D eigenvalue weighted by atomic mass is 10.1. The standard InChI is InChI=1S/C21H24F2N2O3/c1-3-4-11-28-17-8-5-15(6-9-17)21(27)24-13-20(26)25-14(2)18-10-7-16(22)12-19(18)23/h5-10,12,14H,3-4,11,13H2,1-2H3,(H,24,27)(H,25,26). The van der Waals surface area contributed by atoms with E-state index in [2.05, 4.69) is 17.6 Å². The smallest absolute Gasteiger partial charge is 0.251 e. The Morgan fingerprint density at radius 2 is 1.82 bits per heavy atom. The van der Waals surface area contributed by atoms with Gasteiger partial charge in [-0.3, -0.25) is 9.59 Å². The highest BCUT2D eigenvalue weighted by molar-refractivity contribution is 5.96. The molecule has 2 aromatic carbocycles. The summed E-state index contributed by atoms with van der Waals surface area (Å²) in [5.41, 5.74) is 0.563. The first-order valence-corrected chi connectivity index (χ1v) is 9.16. The zero-order valence-electron chi connectivity index (χ0n) is 15.9. The van der Waals surface area contributed by atoms with E-state index in [1.165, 1.54) is 6.07 Å². The van der Waals surface area contributed by atoms with E-state index in [1.807, 2.05) is 0 Å². The maximum Gasteiger partial charge on any atom is 0.251 e. The zero-order valence-corrected chi connectivity index (χ0v) is 15.9. The molecule has 0 radical (unpaired) electrons. The number of benzene rings is 2. The van der Waals surface area contributed by atoms with E-state index in [4.69, 9.17) is 4.74 Å². The number of unbranched alkanes of at least 4 members (excludes halogenated alkanes) is 1. The van der Waals surface area contributed by atoms with Crippen molar-refractivity contribution >= 4 is 11.8 Å². The molecule has 0 heterocycles. The van der Waals surface area contributed by atoms with Crippen LogP contribution in [0, 0.1) is 11.6 Å². The maximum absolute atomic E-state index is 13.7. The Hall–Kier alpha value is -2.96. The molecule has 28 heavy (non-hydrogen) atoms. The summed E-state index contributed by atoms with van der Waals surface area (Å²) in [5.74, 6) is -1.63. The van der Waals surface area contributed by atoms with Gasteiger partial charge < -0.3 is 15.4 Å². The van der Waals surface area contributed by atoms with E-state index in [9.17, 15) is 18.4 Å². The highest BCUT2D eigenvalue weighted by Crippen LogP contribution is 2.17. The molecule has 2 rings (SSSR count). The molecule has 1 unspecified atom stereocenters. The molecule has 0 bridgehead atoms. The fourth-order valence-corrected chi connectivity index (χ4v) is 2.52. The first-order chi connectivity index (χ1) is 13.4. The molecule has 1 atom stereocenters. The highest BCUT2D eigenvalue weighted by atomic mass is 19.1. The third kappa shape index (κ3) is 6.33. The van der Waals surface area contributed by atoms with E-state index in [-0.39, 0.29) is 12.1 Å². The van der Waals surface area contributed by atoms with Crippen LogP contribution in [0.3, 0.4) is 0 Å². The van der Waals surface area contributed by atoms with Crippen LogP contribution in [-0.2, 0) is 4.79 Å². The Kier molecular flexibility index (Phi) is 7.92. The summed E-state index contributed by atoms with van der Waals surface area (Å²) >= 11 is 0. The van der Waals surface area contributed by atoms with E-state index >= 15 is 0 Å². The minimum absolute atomic E-state index is 0.166. The van der Waals surface area contributed by atoms with Crippen molar-refractivity contribution in [3.8, 4) is 5.75 Å². The summed E-state index contributed by atoms with van der Waals surface area (Å²) in [6.07, 6.45) is 1.99. The average Bonchev–Trinajstić information content (AvgIpc) is 2.66. The normalized spacial score (nSPS) is 11.6. The van der Waals surface area contributed by atoms with Gasteiger partial charge in [0, 0.05) is 17.2 Å². The quantitative estimate of drug-likeness (QED) is 0.641. The van der Waals surface area contributed by atoms with Gasteiger partial charge in [-0.25, -0.2) is 8.78 Å². The Labute approximate surface area is 163 Å². The second-order valence-corrected chi connectivity index (χ2v) is 6.36. The number of amides is 2. The average molecular weight is 390 g/mol. The van der Waals surface area contributed by atoms with Gasteiger partial charge in [0.2, 0.25) is 5.91 Å². The summed E-state index contributed by atoms with van der Waals surface area (Å²) in [6, 6.07) is 9.13. The number of carbonyl (C=O) groups excluding carboxylic acids is 2. The van der Waals surface area contributed by atoms with Crippen LogP contribution in [0.5, 0.6) is 5.75 Å². The topological polar surface area (TPSA) is 67.4 Å². The molecule has 2 amide bonds. The van der Waals surface area contributed by atoms with Crippen molar-refractivity contribution < 1.29 is 23.1 Å². The number of halogens is 2. The molecule has 0 spiro atoms. The van der Waals surface area contributed by atoms with Gasteiger partial charge in [-0.05, 0) is 43.7 Å². The Morgan fingerprint density at radius 3 is 2.46 bits per heavy atom. The zero-order chi connectivity index (χ0) is 20.5. The van der Waals surface area contributed by atoms with E-state index in [0.717, 1.165) is 25.0 Å². The van der Waals surface area contributed by atoms with Gasteiger partial charge in [0.05, 0.1) is 19.2 Å². The number of nitrogens with one attached hydrogen (secondary N) is 2. The molecule has 2 aromatic rings. The lowest BCUT2D eigenvalue weighted by molar-refractivity contribution is -0.120. The van der Waals surface area contributed by atoms with E-state index in [1.54, 1.807) is 31.2 Å².